The molecule has 0 saturated heterocycles. The van der Waals surface area contributed by atoms with Crippen LogP contribution in [0.3, 0.4) is 0 Å². The molecule has 0 atom stereocenters. The van der Waals surface area contributed by atoms with Crippen LogP contribution < -0.4 is 5.32 Å². The summed E-state index contributed by atoms with van der Waals surface area (Å²) < 4.78 is 27.8. The zero-order valence-electron chi connectivity index (χ0n) is 18.3. The van der Waals surface area contributed by atoms with Crippen molar-refractivity contribution < 1.29 is 13.2 Å². The van der Waals surface area contributed by atoms with Gasteiger partial charge in [-0.2, -0.15) is 4.31 Å². The third-order valence-electron chi connectivity index (χ3n) is 5.08. The third kappa shape index (κ3) is 7.30. The van der Waals surface area contributed by atoms with Crippen LogP contribution in [0.4, 0.5) is 5.69 Å². The maximum Gasteiger partial charge on any atom is 0.243 e. The minimum absolute atomic E-state index is 0.00506. The van der Waals surface area contributed by atoms with Crippen molar-refractivity contribution in [1.29, 1.82) is 0 Å². The van der Waals surface area contributed by atoms with Gasteiger partial charge < -0.3 is 5.32 Å². The summed E-state index contributed by atoms with van der Waals surface area (Å²) in [4.78, 5) is 12.9. The highest BCUT2D eigenvalue weighted by atomic mass is 35.5. The van der Waals surface area contributed by atoms with Crippen LogP contribution in [0, 0.1) is 0 Å². The number of benzene rings is 3. The Bertz CT molecular complexity index is 1180. The first-order valence-corrected chi connectivity index (χ1v) is 12.9. The lowest BCUT2D eigenvalue weighted by molar-refractivity contribution is -0.116. The van der Waals surface area contributed by atoms with Crippen LogP contribution in [0.25, 0.3) is 0 Å². The number of halogens is 2. The van der Waals surface area contributed by atoms with Crippen LogP contribution in [-0.4, -0.2) is 25.2 Å². The van der Waals surface area contributed by atoms with Gasteiger partial charge in [0, 0.05) is 22.3 Å². The molecule has 1 N–H and O–H groups in total. The lowest BCUT2D eigenvalue weighted by atomic mass is 10.1. The van der Waals surface area contributed by atoms with Crippen molar-refractivity contribution in [2.45, 2.75) is 37.6 Å². The molecule has 0 aliphatic heterocycles. The Morgan fingerprint density at radius 1 is 0.909 bits per heavy atom. The molecule has 0 aliphatic rings. The van der Waals surface area contributed by atoms with Gasteiger partial charge >= 0.3 is 0 Å². The molecule has 3 aromatic rings. The lowest BCUT2D eigenvalue weighted by Crippen LogP contribution is -2.37. The molecule has 0 saturated carbocycles. The van der Waals surface area contributed by atoms with Gasteiger partial charge in [0.25, 0.3) is 0 Å². The van der Waals surface area contributed by atoms with Crippen molar-refractivity contribution in [3.63, 3.8) is 0 Å². The van der Waals surface area contributed by atoms with Crippen LogP contribution >= 0.6 is 23.2 Å². The molecule has 0 spiro atoms. The summed E-state index contributed by atoms with van der Waals surface area (Å²) in [5.41, 5.74) is 2.49. The minimum Gasteiger partial charge on any atom is -0.325 e. The second-order valence-electron chi connectivity index (χ2n) is 7.71. The second kappa shape index (κ2) is 11.7. The van der Waals surface area contributed by atoms with Crippen LogP contribution in [0.1, 0.15) is 30.9 Å². The molecule has 3 aromatic carbocycles. The van der Waals surface area contributed by atoms with E-state index in [0.717, 1.165) is 23.6 Å². The average Bonchev–Trinajstić information content (AvgIpc) is 2.78. The number of hydrogen-bond acceptors (Lipinski definition) is 3. The molecule has 1 amide bonds. The highest BCUT2D eigenvalue weighted by Crippen LogP contribution is 2.22. The summed E-state index contributed by atoms with van der Waals surface area (Å²) in [5, 5.41) is 3.71. The monoisotopic (exact) mass is 504 g/mol. The van der Waals surface area contributed by atoms with Crippen molar-refractivity contribution in [3.05, 3.63) is 94.0 Å². The molecule has 0 fully saturated rings. The fourth-order valence-corrected chi connectivity index (χ4v) is 5.04. The number of unbranched alkanes of at least 4 members (excludes halogenated alkanes) is 1. The summed E-state index contributed by atoms with van der Waals surface area (Å²) in [6.45, 7) is 1.78. The predicted octanol–water partition coefficient (Wildman–Crippen LogP) is 6.17. The minimum atomic E-state index is -3.96. The summed E-state index contributed by atoms with van der Waals surface area (Å²) in [6.07, 6.45) is 3.20. The van der Waals surface area contributed by atoms with Crippen LogP contribution in [0.5, 0.6) is 0 Å². The largest absolute Gasteiger partial charge is 0.325 e. The second-order valence-corrected chi connectivity index (χ2v) is 10.5. The van der Waals surface area contributed by atoms with Crippen molar-refractivity contribution >= 4 is 44.8 Å². The van der Waals surface area contributed by atoms with E-state index in [0.29, 0.717) is 21.3 Å². The number of amides is 1. The Hall–Kier alpha value is -2.38. The first kappa shape index (κ1) is 25.2. The van der Waals surface area contributed by atoms with Crippen molar-refractivity contribution in [2.24, 2.45) is 0 Å². The van der Waals surface area contributed by atoms with Gasteiger partial charge in [-0.05, 0) is 72.5 Å². The smallest absolute Gasteiger partial charge is 0.243 e. The maximum atomic E-state index is 13.3. The Morgan fingerprint density at radius 3 is 2.24 bits per heavy atom. The number of carbonyl (C=O) groups excluding carboxylic acids is 1. The number of rotatable bonds is 10. The number of nitrogens with zero attached hydrogens (tertiary/aromatic N) is 1. The van der Waals surface area contributed by atoms with E-state index in [-0.39, 0.29) is 18.0 Å². The number of aryl methyl sites for hydroxylation is 1. The first-order chi connectivity index (χ1) is 15.8. The van der Waals surface area contributed by atoms with Gasteiger partial charge in [-0.25, -0.2) is 8.42 Å². The number of nitrogens with one attached hydrogen (secondary N) is 1. The summed E-state index contributed by atoms with van der Waals surface area (Å²) >= 11 is 12.0. The fraction of sp³-hybridized carbons (Fsp3) is 0.240. The van der Waals surface area contributed by atoms with Crippen LogP contribution in [-0.2, 0) is 27.8 Å². The van der Waals surface area contributed by atoms with E-state index >= 15 is 0 Å². The van der Waals surface area contributed by atoms with Crippen molar-refractivity contribution in [1.82, 2.24) is 4.31 Å². The molecule has 0 heterocycles. The molecule has 0 aliphatic carbocycles. The molecule has 33 heavy (non-hydrogen) atoms. The van der Waals surface area contributed by atoms with Gasteiger partial charge in [0.05, 0.1) is 11.4 Å². The molecular weight excluding hydrogens is 479 g/mol. The fourth-order valence-electron chi connectivity index (χ4n) is 3.32. The summed E-state index contributed by atoms with van der Waals surface area (Å²) in [7, 11) is -3.96. The normalized spacial score (nSPS) is 11.5. The zero-order chi connectivity index (χ0) is 23.8. The Labute approximate surface area is 205 Å². The molecule has 0 unspecified atom stereocenters. The van der Waals surface area contributed by atoms with Gasteiger partial charge in [0.2, 0.25) is 15.9 Å². The average molecular weight is 505 g/mol. The highest BCUT2D eigenvalue weighted by Gasteiger charge is 2.27. The van der Waals surface area contributed by atoms with E-state index in [1.165, 1.54) is 29.8 Å². The summed E-state index contributed by atoms with van der Waals surface area (Å²) in [6, 6.07) is 20.4. The molecule has 0 bridgehead atoms. The van der Waals surface area contributed by atoms with Gasteiger partial charge in [0.1, 0.15) is 0 Å². The lowest BCUT2D eigenvalue weighted by Gasteiger charge is -2.22. The number of anilines is 1. The van der Waals surface area contributed by atoms with Gasteiger partial charge in [-0.3, -0.25) is 4.79 Å². The molecule has 174 valence electrons. The SMILES string of the molecule is CCCCc1ccc(NC(=O)CN(Cc2cccc(Cl)c2)S(=O)(=O)c2ccc(Cl)cc2)cc1. The molecule has 8 heteroatoms. The Kier molecular flexibility index (Phi) is 8.92. The van der Waals surface area contributed by atoms with E-state index in [9.17, 15) is 13.2 Å². The third-order valence-corrected chi connectivity index (χ3v) is 7.37. The Balaban J connectivity index is 1.79. The van der Waals surface area contributed by atoms with Gasteiger partial charge in [0.15, 0.2) is 0 Å². The van der Waals surface area contributed by atoms with E-state index in [2.05, 4.69) is 12.2 Å². The number of sulfonamides is 1. The highest BCUT2D eigenvalue weighted by molar-refractivity contribution is 7.89. The molecule has 3 rings (SSSR count). The van der Waals surface area contributed by atoms with E-state index in [1.807, 2.05) is 24.3 Å². The van der Waals surface area contributed by atoms with Crippen molar-refractivity contribution in [2.75, 3.05) is 11.9 Å². The standard InChI is InChI=1S/C25H26Cl2N2O3S/c1-2-3-5-19-8-12-23(13-9-19)28-25(30)18-29(17-20-6-4-7-22(27)16-20)33(31,32)24-14-10-21(26)11-15-24/h4,6-16H,2-3,5,17-18H2,1H3,(H,28,30). The number of carbonyl (C=O) groups is 1. The van der Waals surface area contributed by atoms with Crippen LogP contribution in [0.2, 0.25) is 10.0 Å². The van der Waals surface area contributed by atoms with Crippen LogP contribution in [0.15, 0.2) is 77.7 Å². The number of hydrogen-bond donors (Lipinski definition) is 1. The molecule has 5 nitrogen and oxygen atoms in total. The predicted molar refractivity (Wildman–Crippen MR) is 134 cm³/mol. The summed E-state index contributed by atoms with van der Waals surface area (Å²) in [5.74, 6) is -0.434. The topological polar surface area (TPSA) is 66.5 Å². The maximum absolute atomic E-state index is 13.3. The van der Waals surface area contributed by atoms with E-state index < -0.39 is 15.9 Å². The van der Waals surface area contributed by atoms with Gasteiger partial charge in [-0.1, -0.05) is 60.8 Å². The van der Waals surface area contributed by atoms with E-state index in [1.54, 1.807) is 24.3 Å². The van der Waals surface area contributed by atoms with Crippen molar-refractivity contribution in [3.8, 4) is 0 Å². The Morgan fingerprint density at radius 2 is 1.61 bits per heavy atom. The molecule has 0 radical (unpaired) electrons. The zero-order valence-corrected chi connectivity index (χ0v) is 20.6. The molecular formula is C25H26Cl2N2O3S. The van der Waals surface area contributed by atoms with E-state index in [4.69, 9.17) is 23.2 Å². The first-order valence-electron chi connectivity index (χ1n) is 10.7. The van der Waals surface area contributed by atoms with Gasteiger partial charge in [-0.15, -0.1) is 0 Å². The quantitative estimate of drug-likeness (QED) is 0.359. The molecule has 0 aromatic heterocycles.